The molecule has 0 aromatic rings. The highest BCUT2D eigenvalue weighted by Crippen LogP contribution is 2.45. The molecule has 1 rings (SSSR count). The second-order valence-electron chi connectivity index (χ2n) is 6.18. The maximum absolute atomic E-state index is 12.9. The van der Waals surface area contributed by atoms with E-state index in [1.807, 2.05) is 0 Å². The first-order valence-corrected chi connectivity index (χ1v) is 6.05. The van der Waals surface area contributed by atoms with Crippen LogP contribution in [-0.4, -0.2) is 46.9 Å². The molecule has 116 valence electrons. The molecule has 0 aliphatic carbocycles. The lowest BCUT2D eigenvalue weighted by Crippen LogP contribution is -2.42. The molecule has 1 aliphatic heterocycles. The Morgan fingerprint density at radius 2 is 1.80 bits per heavy atom. The van der Waals surface area contributed by atoms with Crippen molar-refractivity contribution in [3.05, 3.63) is 0 Å². The summed E-state index contributed by atoms with van der Waals surface area (Å²) >= 11 is 0. The fourth-order valence-corrected chi connectivity index (χ4v) is 2.14. The number of nitrogens with zero attached hydrogens (tertiary/aromatic N) is 1. The molecule has 1 heterocycles. The third-order valence-electron chi connectivity index (χ3n) is 3.23. The molecule has 0 radical (unpaired) electrons. The molecule has 0 bridgehead atoms. The molecule has 0 aromatic carbocycles. The van der Waals surface area contributed by atoms with Crippen molar-refractivity contribution in [1.82, 2.24) is 4.90 Å². The zero-order chi connectivity index (χ0) is 15.9. The van der Waals surface area contributed by atoms with Crippen molar-refractivity contribution < 1.29 is 32.6 Å². The molecule has 2 atom stereocenters. The average Bonchev–Trinajstić information content (AvgIpc) is 2.54. The molecule has 0 saturated carbocycles. The fourth-order valence-electron chi connectivity index (χ4n) is 2.14. The lowest BCUT2D eigenvalue weighted by Gasteiger charge is -2.27. The van der Waals surface area contributed by atoms with Crippen LogP contribution in [0.1, 0.15) is 27.7 Å². The third-order valence-corrected chi connectivity index (χ3v) is 3.23. The lowest BCUT2D eigenvalue weighted by molar-refractivity contribution is -0.201. The highest BCUT2D eigenvalue weighted by molar-refractivity contribution is 5.78. The highest BCUT2D eigenvalue weighted by atomic mass is 19.4. The van der Waals surface area contributed by atoms with Gasteiger partial charge in [-0.3, -0.25) is 4.79 Å². The van der Waals surface area contributed by atoms with E-state index >= 15 is 0 Å². The quantitative estimate of drug-likeness (QED) is 0.807. The number of carboxylic acids is 1. The van der Waals surface area contributed by atoms with Crippen molar-refractivity contribution in [2.75, 3.05) is 13.1 Å². The number of carboxylic acid groups (broad SMARTS) is 1. The first-order valence-electron chi connectivity index (χ1n) is 6.05. The summed E-state index contributed by atoms with van der Waals surface area (Å²) in [6, 6.07) is 0. The monoisotopic (exact) mass is 297 g/mol. The van der Waals surface area contributed by atoms with Crippen molar-refractivity contribution in [3.8, 4) is 0 Å². The number of hydrogen-bond acceptors (Lipinski definition) is 3. The molecule has 1 amide bonds. The molecular weight excluding hydrogens is 279 g/mol. The van der Waals surface area contributed by atoms with E-state index in [1.165, 1.54) is 0 Å². The molecule has 1 saturated heterocycles. The van der Waals surface area contributed by atoms with Crippen LogP contribution < -0.4 is 0 Å². The predicted octanol–water partition coefficient (Wildman–Crippen LogP) is 2.51. The Labute approximate surface area is 114 Å². The highest BCUT2D eigenvalue weighted by Gasteiger charge is 2.61. The van der Waals surface area contributed by atoms with Crippen LogP contribution in [0.5, 0.6) is 0 Å². The predicted molar refractivity (Wildman–Crippen MR) is 63.1 cm³/mol. The van der Waals surface area contributed by atoms with E-state index in [0.29, 0.717) is 0 Å². The summed E-state index contributed by atoms with van der Waals surface area (Å²) in [6.07, 6.45) is -5.62. The average molecular weight is 297 g/mol. The van der Waals surface area contributed by atoms with Crippen LogP contribution in [0.2, 0.25) is 0 Å². The number of aliphatic carboxylic acids is 1. The van der Waals surface area contributed by atoms with Crippen LogP contribution in [0, 0.1) is 11.3 Å². The summed E-state index contributed by atoms with van der Waals surface area (Å²) in [6.45, 7) is 4.51. The van der Waals surface area contributed by atoms with E-state index in [2.05, 4.69) is 0 Å². The minimum atomic E-state index is -4.69. The number of ether oxygens (including phenoxy) is 1. The first kappa shape index (κ1) is 16.6. The Morgan fingerprint density at radius 3 is 2.10 bits per heavy atom. The van der Waals surface area contributed by atoms with Gasteiger partial charge in [0, 0.05) is 13.1 Å². The van der Waals surface area contributed by atoms with Gasteiger partial charge in [0.15, 0.2) is 0 Å². The standard InChI is InChI=1S/C12H18F3NO4/c1-10(2,3)20-9(19)16-5-7(12(13,14)15)11(4,6-16)8(17)18/h7H,5-6H2,1-4H3,(H,17,18)/t7-,11+/m0/s1. The van der Waals surface area contributed by atoms with Gasteiger partial charge in [-0.15, -0.1) is 0 Å². The van der Waals surface area contributed by atoms with Crippen molar-refractivity contribution >= 4 is 12.1 Å². The van der Waals surface area contributed by atoms with E-state index < -0.39 is 48.3 Å². The number of carbonyl (C=O) groups is 2. The molecule has 0 unspecified atom stereocenters. The van der Waals surface area contributed by atoms with Gasteiger partial charge >= 0.3 is 18.2 Å². The summed E-state index contributed by atoms with van der Waals surface area (Å²) in [7, 11) is 0. The fraction of sp³-hybridized carbons (Fsp3) is 0.833. The minimum absolute atomic E-state index is 0.526. The van der Waals surface area contributed by atoms with Crippen molar-refractivity contribution in [2.24, 2.45) is 11.3 Å². The molecule has 0 aromatic heterocycles. The van der Waals surface area contributed by atoms with Crippen LogP contribution in [0.25, 0.3) is 0 Å². The number of halogens is 3. The number of carbonyl (C=O) groups excluding carboxylic acids is 1. The lowest BCUT2D eigenvalue weighted by atomic mass is 9.79. The molecule has 1 aliphatic rings. The first-order chi connectivity index (χ1) is 8.77. The Bertz CT molecular complexity index is 416. The number of hydrogen-bond donors (Lipinski definition) is 1. The Kier molecular flexibility index (Phi) is 4.00. The van der Waals surface area contributed by atoms with Gasteiger partial charge in [0.25, 0.3) is 0 Å². The van der Waals surface area contributed by atoms with E-state index in [1.54, 1.807) is 20.8 Å². The van der Waals surface area contributed by atoms with Crippen molar-refractivity contribution in [1.29, 1.82) is 0 Å². The summed E-state index contributed by atoms with van der Waals surface area (Å²) in [5.41, 5.74) is -2.91. The summed E-state index contributed by atoms with van der Waals surface area (Å²) < 4.78 is 43.8. The van der Waals surface area contributed by atoms with Gasteiger partial charge in [-0.2, -0.15) is 13.2 Å². The van der Waals surface area contributed by atoms with E-state index in [4.69, 9.17) is 9.84 Å². The van der Waals surface area contributed by atoms with E-state index in [0.717, 1.165) is 11.8 Å². The van der Waals surface area contributed by atoms with Crippen LogP contribution in [0.15, 0.2) is 0 Å². The Balaban J connectivity index is 2.97. The molecule has 1 fully saturated rings. The summed E-state index contributed by atoms with van der Waals surface area (Å²) in [5, 5.41) is 9.06. The molecule has 5 nitrogen and oxygen atoms in total. The topological polar surface area (TPSA) is 66.8 Å². The maximum atomic E-state index is 12.9. The number of alkyl halides is 3. The zero-order valence-corrected chi connectivity index (χ0v) is 11.7. The number of rotatable bonds is 1. The molecule has 1 N–H and O–H groups in total. The Morgan fingerprint density at radius 1 is 1.30 bits per heavy atom. The zero-order valence-electron chi connectivity index (χ0n) is 11.7. The van der Waals surface area contributed by atoms with Gasteiger partial charge in [-0.1, -0.05) is 0 Å². The third kappa shape index (κ3) is 3.34. The molecule has 0 spiro atoms. The van der Waals surface area contributed by atoms with Gasteiger partial charge in [0.1, 0.15) is 5.60 Å². The minimum Gasteiger partial charge on any atom is -0.481 e. The van der Waals surface area contributed by atoms with Gasteiger partial charge in [-0.25, -0.2) is 4.79 Å². The number of likely N-dealkylation sites (tertiary alicyclic amines) is 1. The largest absolute Gasteiger partial charge is 0.481 e. The second kappa shape index (κ2) is 4.82. The van der Waals surface area contributed by atoms with Crippen LogP contribution >= 0.6 is 0 Å². The maximum Gasteiger partial charge on any atom is 0.410 e. The normalized spacial score (nSPS) is 27.6. The van der Waals surface area contributed by atoms with Gasteiger partial charge < -0.3 is 14.7 Å². The van der Waals surface area contributed by atoms with Crippen LogP contribution in [0.4, 0.5) is 18.0 Å². The van der Waals surface area contributed by atoms with E-state index in [-0.39, 0.29) is 0 Å². The van der Waals surface area contributed by atoms with Gasteiger partial charge in [0.2, 0.25) is 0 Å². The summed E-state index contributed by atoms with van der Waals surface area (Å²) in [5.74, 6) is -3.69. The second-order valence-corrected chi connectivity index (χ2v) is 6.18. The van der Waals surface area contributed by atoms with Crippen molar-refractivity contribution in [2.45, 2.75) is 39.5 Å². The van der Waals surface area contributed by atoms with Crippen molar-refractivity contribution in [3.63, 3.8) is 0 Å². The Hall–Kier alpha value is -1.47. The van der Waals surface area contributed by atoms with Crippen LogP contribution in [0.3, 0.4) is 0 Å². The van der Waals surface area contributed by atoms with Crippen LogP contribution in [-0.2, 0) is 9.53 Å². The van der Waals surface area contributed by atoms with Gasteiger partial charge in [0.05, 0.1) is 11.3 Å². The van der Waals surface area contributed by atoms with E-state index in [9.17, 15) is 22.8 Å². The molecule has 8 heteroatoms. The SMILES string of the molecule is CC(C)(C)OC(=O)N1C[C@H](C(F)(F)F)[C@](C)(C(=O)O)C1. The summed E-state index contributed by atoms with van der Waals surface area (Å²) in [4.78, 5) is 23.7. The molecular formula is C12H18F3NO4. The smallest absolute Gasteiger partial charge is 0.410 e. The molecule has 20 heavy (non-hydrogen) atoms. The number of amides is 1. The van der Waals surface area contributed by atoms with Gasteiger partial charge in [-0.05, 0) is 27.7 Å².